The summed E-state index contributed by atoms with van der Waals surface area (Å²) in [5.74, 6) is 0.115. The molecule has 2 fully saturated rings. The first-order chi connectivity index (χ1) is 13.6. The molecule has 0 aliphatic carbocycles. The lowest BCUT2D eigenvalue weighted by atomic mass is 9.88. The number of rotatable bonds is 4. The Morgan fingerprint density at radius 2 is 1.79 bits per heavy atom. The number of benzene rings is 1. The van der Waals surface area contributed by atoms with Crippen LogP contribution < -0.4 is 0 Å². The van der Waals surface area contributed by atoms with Gasteiger partial charge in [-0.3, -0.25) is 0 Å². The molecule has 3 rings (SSSR count). The maximum atomic E-state index is 13.0. The van der Waals surface area contributed by atoms with Crippen molar-refractivity contribution in [1.29, 1.82) is 0 Å². The molecule has 154 valence electrons. The van der Waals surface area contributed by atoms with Crippen LogP contribution in [0.15, 0.2) is 24.3 Å². The molecule has 28 heavy (non-hydrogen) atoms. The van der Waals surface area contributed by atoms with Crippen LogP contribution in [0.2, 0.25) is 0 Å². The fourth-order valence-electron chi connectivity index (χ4n) is 3.80. The number of morpholine rings is 1. The number of hydrogen-bond donors (Lipinski definition) is 0. The lowest BCUT2D eigenvalue weighted by molar-refractivity contribution is -0.00865. The van der Waals surface area contributed by atoms with Gasteiger partial charge in [0, 0.05) is 25.6 Å². The van der Waals surface area contributed by atoms with Gasteiger partial charge in [0.1, 0.15) is 6.10 Å². The lowest BCUT2D eigenvalue weighted by Crippen LogP contribution is -2.54. The third kappa shape index (κ3) is 5.16. The molecule has 2 aliphatic rings. The Labute approximate surface area is 166 Å². The maximum absolute atomic E-state index is 13.0. The van der Waals surface area contributed by atoms with Crippen molar-refractivity contribution in [1.82, 2.24) is 9.80 Å². The molecule has 1 aromatic carbocycles. The van der Waals surface area contributed by atoms with E-state index in [0.29, 0.717) is 45.8 Å². The standard InChI is InChI=1S/C21H30N2O5/c1-3-16-5-7-17(8-6-16)18-13-19(28-21(25)27-4-2)15-23(14-18)20(24)22-9-11-26-12-10-22/h5-8,18-19H,3-4,9-15H2,1-2H3. The number of urea groups is 1. The second kappa shape index (κ2) is 9.78. The fourth-order valence-corrected chi connectivity index (χ4v) is 3.80. The van der Waals surface area contributed by atoms with E-state index in [-0.39, 0.29) is 24.7 Å². The molecule has 0 spiro atoms. The quantitative estimate of drug-likeness (QED) is 0.739. The van der Waals surface area contributed by atoms with Crippen LogP contribution in [-0.4, -0.2) is 74.1 Å². The van der Waals surface area contributed by atoms with Crippen molar-refractivity contribution in [2.75, 3.05) is 46.0 Å². The van der Waals surface area contributed by atoms with Crippen molar-refractivity contribution in [3.05, 3.63) is 35.4 Å². The first-order valence-electron chi connectivity index (χ1n) is 10.1. The van der Waals surface area contributed by atoms with E-state index in [1.165, 1.54) is 5.56 Å². The zero-order chi connectivity index (χ0) is 19.9. The number of piperidine rings is 1. The van der Waals surface area contributed by atoms with Crippen molar-refractivity contribution in [3.8, 4) is 0 Å². The second-order valence-corrected chi connectivity index (χ2v) is 7.24. The van der Waals surface area contributed by atoms with Crippen LogP contribution in [-0.2, 0) is 20.6 Å². The Bertz CT molecular complexity index is 657. The molecule has 0 saturated carbocycles. The summed E-state index contributed by atoms with van der Waals surface area (Å²) < 4.78 is 15.8. The van der Waals surface area contributed by atoms with Crippen LogP contribution in [0.25, 0.3) is 0 Å². The Morgan fingerprint density at radius 1 is 1.07 bits per heavy atom. The highest BCUT2D eigenvalue weighted by atomic mass is 16.7. The Balaban J connectivity index is 1.74. The van der Waals surface area contributed by atoms with Gasteiger partial charge in [-0.05, 0) is 30.9 Å². The number of aryl methyl sites for hydroxylation is 1. The molecule has 0 bridgehead atoms. The van der Waals surface area contributed by atoms with Crippen LogP contribution in [0.4, 0.5) is 9.59 Å². The predicted molar refractivity (Wildman–Crippen MR) is 104 cm³/mol. The SMILES string of the molecule is CCOC(=O)OC1CC(c2ccc(CC)cc2)CN(C(=O)N2CCOCC2)C1. The maximum Gasteiger partial charge on any atom is 0.508 e. The van der Waals surface area contributed by atoms with Gasteiger partial charge in [0.05, 0.1) is 26.4 Å². The molecule has 2 amide bonds. The molecule has 7 nitrogen and oxygen atoms in total. The highest BCUT2D eigenvalue weighted by molar-refractivity contribution is 5.75. The van der Waals surface area contributed by atoms with E-state index in [2.05, 4.69) is 31.2 Å². The van der Waals surface area contributed by atoms with Crippen molar-refractivity contribution in [3.63, 3.8) is 0 Å². The van der Waals surface area contributed by atoms with Gasteiger partial charge in [-0.25, -0.2) is 9.59 Å². The topological polar surface area (TPSA) is 68.3 Å². The zero-order valence-corrected chi connectivity index (χ0v) is 16.8. The number of amides is 2. The summed E-state index contributed by atoms with van der Waals surface area (Å²) in [5, 5.41) is 0. The highest BCUT2D eigenvalue weighted by Crippen LogP contribution is 2.30. The van der Waals surface area contributed by atoms with E-state index in [0.717, 1.165) is 12.0 Å². The first kappa shape index (κ1) is 20.5. The van der Waals surface area contributed by atoms with Crippen LogP contribution in [0.3, 0.4) is 0 Å². The number of hydrogen-bond acceptors (Lipinski definition) is 5. The van der Waals surface area contributed by atoms with E-state index in [4.69, 9.17) is 14.2 Å². The summed E-state index contributed by atoms with van der Waals surface area (Å²) in [4.78, 5) is 28.5. The Morgan fingerprint density at radius 3 is 2.43 bits per heavy atom. The minimum absolute atomic E-state index is 0.0179. The van der Waals surface area contributed by atoms with Crippen LogP contribution in [0.1, 0.15) is 37.3 Å². The fraction of sp³-hybridized carbons (Fsp3) is 0.619. The molecule has 7 heteroatoms. The smallest absolute Gasteiger partial charge is 0.435 e. The molecule has 0 N–H and O–H groups in total. The summed E-state index contributed by atoms with van der Waals surface area (Å²) in [5.41, 5.74) is 2.44. The number of carbonyl (C=O) groups excluding carboxylic acids is 2. The predicted octanol–water partition coefficient (Wildman–Crippen LogP) is 3.03. The number of nitrogens with zero attached hydrogens (tertiary/aromatic N) is 2. The van der Waals surface area contributed by atoms with E-state index in [1.807, 2.05) is 4.90 Å². The second-order valence-electron chi connectivity index (χ2n) is 7.24. The zero-order valence-electron chi connectivity index (χ0n) is 16.8. The molecule has 2 heterocycles. The van der Waals surface area contributed by atoms with Gasteiger partial charge < -0.3 is 24.0 Å². The van der Waals surface area contributed by atoms with Crippen LogP contribution in [0, 0.1) is 0 Å². The van der Waals surface area contributed by atoms with Crippen molar-refractivity contribution in [2.24, 2.45) is 0 Å². The van der Waals surface area contributed by atoms with Crippen LogP contribution >= 0.6 is 0 Å². The largest absolute Gasteiger partial charge is 0.508 e. The Hall–Kier alpha value is -2.28. The van der Waals surface area contributed by atoms with Crippen LogP contribution in [0.5, 0.6) is 0 Å². The molecule has 0 aromatic heterocycles. The van der Waals surface area contributed by atoms with Gasteiger partial charge in [-0.15, -0.1) is 0 Å². The van der Waals surface area contributed by atoms with E-state index in [1.54, 1.807) is 11.8 Å². The summed E-state index contributed by atoms with van der Waals surface area (Å²) in [6, 6.07) is 8.47. The molecule has 2 saturated heterocycles. The normalized spacial score (nSPS) is 22.6. The summed E-state index contributed by atoms with van der Waals surface area (Å²) in [6.07, 6.45) is 0.611. The minimum Gasteiger partial charge on any atom is -0.435 e. The van der Waals surface area contributed by atoms with Crippen molar-refractivity contribution >= 4 is 12.2 Å². The molecule has 2 atom stereocenters. The van der Waals surface area contributed by atoms with Gasteiger partial charge in [-0.2, -0.15) is 0 Å². The van der Waals surface area contributed by atoms with Gasteiger partial charge in [0.25, 0.3) is 0 Å². The molecule has 0 radical (unpaired) electrons. The summed E-state index contributed by atoms with van der Waals surface area (Å²) >= 11 is 0. The number of carbonyl (C=O) groups is 2. The van der Waals surface area contributed by atoms with Crippen molar-refractivity contribution in [2.45, 2.75) is 38.7 Å². The summed E-state index contributed by atoms with van der Waals surface area (Å²) in [7, 11) is 0. The summed E-state index contributed by atoms with van der Waals surface area (Å²) in [6.45, 7) is 7.44. The monoisotopic (exact) mass is 390 g/mol. The van der Waals surface area contributed by atoms with E-state index in [9.17, 15) is 9.59 Å². The molecule has 1 aromatic rings. The number of ether oxygens (including phenoxy) is 3. The average molecular weight is 390 g/mol. The molecular formula is C21H30N2O5. The average Bonchev–Trinajstić information content (AvgIpc) is 2.74. The number of likely N-dealkylation sites (tertiary alicyclic amines) is 1. The highest BCUT2D eigenvalue weighted by Gasteiger charge is 2.35. The van der Waals surface area contributed by atoms with Gasteiger partial charge in [-0.1, -0.05) is 31.2 Å². The lowest BCUT2D eigenvalue weighted by Gasteiger charge is -2.40. The third-order valence-electron chi connectivity index (χ3n) is 5.35. The molecule has 2 unspecified atom stereocenters. The molecular weight excluding hydrogens is 360 g/mol. The van der Waals surface area contributed by atoms with Crippen molar-refractivity contribution < 1.29 is 23.8 Å². The van der Waals surface area contributed by atoms with Gasteiger partial charge in [0.15, 0.2) is 0 Å². The third-order valence-corrected chi connectivity index (χ3v) is 5.35. The minimum atomic E-state index is -0.673. The molecule has 2 aliphatic heterocycles. The van der Waals surface area contributed by atoms with Gasteiger partial charge in [0.2, 0.25) is 0 Å². The van der Waals surface area contributed by atoms with Gasteiger partial charge >= 0.3 is 12.2 Å². The van der Waals surface area contributed by atoms with E-state index < -0.39 is 6.16 Å². The van der Waals surface area contributed by atoms with E-state index >= 15 is 0 Å². The first-order valence-corrected chi connectivity index (χ1v) is 10.1. The Kier molecular flexibility index (Phi) is 7.14.